The Bertz CT molecular complexity index is 494. The lowest BCUT2D eigenvalue weighted by atomic mass is 10.1. The summed E-state index contributed by atoms with van der Waals surface area (Å²) < 4.78 is 5.25. The van der Waals surface area contributed by atoms with E-state index in [2.05, 4.69) is 24.9 Å². The number of halogens is 1. The van der Waals surface area contributed by atoms with E-state index in [1.165, 1.54) is 0 Å². The summed E-state index contributed by atoms with van der Waals surface area (Å²) in [5, 5.41) is 0. The molecule has 2 rings (SSSR count). The average molecular weight is 328 g/mol. The van der Waals surface area contributed by atoms with Crippen LogP contribution in [0.3, 0.4) is 0 Å². The molecule has 124 valence electrons. The van der Waals surface area contributed by atoms with Gasteiger partial charge in [0.05, 0.1) is 23.9 Å². The van der Waals surface area contributed by atoms with E-state index >= 15 is 0 Å². The number of nitrogens with zero attached hydrogens (tertiary/aromatic N) is 2. The van der Waals surface area contributed by atoms with Crippen molar-refractivity contribution in [1.82, 2.24) is 0 Å². The van der Waals surface area contributed by atoms with Crippen molar-refractivity contribution in [3.63, 3.8) is 0 Å². The Balaban J connectivity index is 0.00000242. The van der Waals surface area contributed by atoms with Gasteiger partial charge in [-0.15, -0.1) is 12.4 Å². The van der Waals surface area contributed by atoms with Crippen LogP contribution in [0.4, 0.5) is 11.4 Å². The van der Waals surface area contributed by atoms with E-state index in [9.17, 15) is 4.79 Å². The van der Waals surface area contributed by atoms with E-state index in [-0.39, 0.29) is 24.4 Å². The number of ether oxygens (including phenoxy) is 1. The van der Waals surface area contributed by atoms with Crippen molar-refractivity contribution in [3.8, 4) is 0 Å². The molecule has 0 saturated heterocycles. The summed E-state index contributed by atoms with van der Waals surface area (Å²) >= 11 is 0. The molecular weight excluding hydrogens is 302 g/mol. The van der Waals surface area contributed by atoms with Crippen molar-refractivity contribution < 1.29 is 9.53 Å². The molecule has 1 amide bonds. The molecule has 5 nitrogen and oxygen atoms in total. The lowest BCUT2D eigenvalue weighted by Crippen LogP contribution is -2.38. The highest BCUT2D eigenvalue weighted by Gasteiger charge is 2.27. The summed E-state index contributed by atoms with van der Waals surface area (Å²) in [7, 11) is 3.67. The minimum absolute atomic E-state index is 0. The van der Waals surface area contributed by atoms with Crippen LogP contribution in [0.2, 0.25) is 0 Å². The van der Waals surface area contributed by atoms with Crippen LogP contribution >= 0.6 is 12.4 Å². The number of carbonyl (C=O) groups excluding carboxylic acids is 1. The molecule has 0 radical (unpaired) electrons. The number of anilines is 2. The zero-order chi connectivity index (χ0) is 15.4. The first-order valence-corrected chi connectivity index (χ1v) is 7.40. The molecule has 0 fully saturated rings. The molecule has 1 aromatic carbocycles. The summed E-state index contributed by atoms with van der Waals surface area (Å²) in [5.41, 5.74) is 7.70. The molecule has 6 heteroatoms. The molecule has 1 aliphatic rings. The quantitative estimate of drug-likeness (QED) is 0.917. The lowest BCUT2D eigenvalue weighted by Gasteiger charge is -2.26. The van der Waals surface area contributed by atoms with Gasteiger partial charge in [0.25, 0.3) is 0 Å². The van der Waals surface area contributed by atoms with Crippen molar-refractivity contribution in [2.45, 2.75) is 19.4 Å². The zero-order valence-corrected chi connectivity index (χ0v) is 14.3. The van der Waals surface area contributed by atoms with Gasteiger partial charge in [-0.3, -0.25) is 4.79 Å². The Morgan fingerprint density at radius 1 is 1.36 bits per heavy atom. The standard InChI is InChI=1S/C16H25N3O2.ClH/c1-12-10-18(2)14-6-4-5-7-15(14)19(11-12)16(20)8-13(9-17)21-3;/h4-7,12-13H,8-11,17H2,1-3H3;1H. The van der Waals surface area contributed by atoms with E-state index in [4.69, 9.17) is 10.5 Å². The van der Waals surface area contributed by atoms with Crippen LogP contribution in [0.25, 0.3) is 0 Å². The van der Waals surface area contributed by atoms with Gasteiger partial charge in [0.1, 0.15) is 0 Å². The van der Waals surface area contributed by atoms with Crippen LogP contribution in [0.15, 0.2) is 24.3 Å². The number of benzene rings is 1. The number of fused-ring (bicyclic) bond motifs is 1. The van der Waals surface area contributed by atoms with Crippen LogP contribution in [-0.4, -0.2) is 45.8 Å². The Hall–Kier alpha value is -1.30. The smallest absolute Gasteiger partial charge is 0.229 e. The topological polar surface area (TPSA) is 58.8 Å². The molecule has 0 aliphatic carbocycles. The number of rotatable bonds is 4. The minimum atomic E-state index is -0.221. The van der Waals surface area contributed by atoms with Gasteiger partial charge in [0.15, 0.2) is 0 Å². The van der Waals surface area contributed by atoms with E-state index < -0.39 is 0 Å². The lowest BCUT2D eigenvalue weighted by molar-refractivity contribution is -0.120. The van der Waals surface area contributed by atoms with Crippen molar-refractivity contribution in [2.75, 3.05) is 43.6 Å². The van der Waals surface area contributed by atoms with Crippen LogP contribution in [0.1, 0.15) is 13.3 Å². The minimum Gasteiger partial charge on any atom is -0.380 e. The number of hydrogen-bond donors (Lipinski definition) is 1. The highest BCUT2D eigenvalue weighted by atomic mass is 35.5. The molecule has 1 heterocycles. The molecule has 2 unspecified atom stereocenters. The molecule has 2 atom stereocenters. The van der Waals surface area contributed by atoms with Gasteiger partial charge in [-0.05, 0) is 18.1 Å². The fourth-order valence-corrected chi connectivity index (χ4v) is 2.85. The zero-order valence-electron chi connectivity index (χ0n) is 13.5. The Morgan fingerprint density at radius 2 is 2.00 bits per heavy atom. The molecule has 0 bridgehead atoms. The number of amides is 1. The van der Waals surface area contributed by atoms with Crippen molar-refractivity contribution >= 4 is 29.7 Å². The first-order valence-electron chi connectivity index (χ1n) is 7.40. The van der Waals surface area contributed by atoms with Crippen molar-refractivity contribution in [2.24, 2.45) is 11.7 Å². The molecular formula is C16H26ClN3O2. The van der Waals surface area contributed by atoms with Crippen LogP contribution in [-0.2, 0) is 9.53 Å². The van der Waals surface area contributed by atoms with E-state index in [0.29, 0.717) is 18.9 Å². The van der Waals surface area contributed by atoms with Crippen LogP contribution in [0, 0.1) is 5.92 Å². The van der Waals surface area contributed by atoms with Gasteiger partial charge in [0.2, 0.25) is 5.91 Å². The molecule has 2 N–H and O–H groups in total. The second-order valence-corrected chi connectivity index (χ2v) is 5.78. The Kier molecular flexibility index (Phi) is 7.13. The van der Waals surface area contributed by atoms with E-state index in [1.807, 2.05) is 23.1 Å². The number of para-hydroxylation sites is 2. The normalized spacial score (nSPS) is 19.0. The second kappa shape index (κ2) is 8.36. The molecule has 0 aromatic heterocycles. The summed E-state index contributed by atoms with van der Waals surface area (Å²) in [5.74, 6) is 0.479. The van der Waals surface area contributed by atoms with Crippen molar-refractivity contribution in [3.05, 3.63) is 24.3 Å². The third-order valence-electron chi connectivity index (χ3n) is 3.96. The molecule has 1 aliphatic heterocycles. The number of carbonyl (C=O) groups is 1. The Labute approximate surface area is 138 Å². The predicted octanol–water partition coefficient (Wildman–Crippen LogP) is 1.89. The van der Waals surface area contributed by atoms with Crippen LogP contribution < -0.4 is 15.5 Å². The second-order valence-electron chi connectivity index (χ2n) is 5.78. The van der Waals surface area contributed by atoms with Crippen LogP contribution in [0.5, 0.6) is 0 Å². The summed E-state index contributed by atoms with van der Waals surface area (Å²) in [6, 6.07) is 8.04. The molecule has 22 heavy (non-hydrogen) atoms. The van der Waals surface area contributed by atoms with E-state index in [1.54, 1.807) is 7.11 Å². The SMILES string of the molecule is COC(CN)CC(=O)N1CC(C)CN(C)c2ccccc21.Cl. The maximum absolute atomic E-state index is 12.7. The highest BCUT2D eigenvalue weighted by Crippen LogP contribution is 2.33. The van der Waals surface area contributed by atoms with Gasteiger partial charge in [-0.25, -0.2) is 0 Å². The average Bonchev–Trinajstić information content (AvgIpc) is 2.61. The van der Waals surface area contributed by atoms with Gasteiger partial charge >= 0.3 is 0 Å². The van der Waals surface area contributed by atoms with Gasteiger partial charge in [-0.2, -0.15) is 0 Å². The monoisotopic (exact) mass is 327 g/mol. The van der Waals surface area contributed by atoms with Gasteiger partial charge < -0.3 is 20.3 Å². The third kappa shape index (κ3) is 4.12. The summed E-state index contributed by atoms with van der Waals surface area (Å²) in [6.45, 7) is 4.18. The van der Waals surface area contributed by atoms with Gasteiger partial charge in [0, 0.05) is 33.8 Å². The Morgan fingerprint density at radius 3 is 2.59 bits per heavy atom. The molecule has 1 aromatic rings. The number of nitrogens with two attached hydrogens (primary N) is 1. The number of hydrogen-bond acceptors (Lipinski definition) is 4. The molecule has 0 saturated carbocycles. The highest BCUT2D eigenvalue weighted by molar-refractivity contribution is 5.97. The summed E-state index contributed by atoms with van der Waals surface area (Å²) in [4.78, 5) is 16.8. The maximum atomic E-state index is 12.7. The third-order valence-corrected chi connectivity index (χ3v) is 3.96. The van der Waals surface area contributed by atoms with Crippen molar-refractivity contribution in [1.29, 1.82) is 0 Å². The number of methoxy groups -OCH3 is 1. The maximum Gasteiger partial charge on any atom is 0.229 e. The first kappa shape index (κ1) is 18.7. The van der Waals surface area contributed by atoms with E-state index in [0.717, 1.165) is 24.5 Å². The largest absolute Gasteiger partial charge is 0.380 e. The predicted molar refractivity (Wildman–Crippen MR) is 92.9 cm³/mol. The molecule has 0 spiro atoms. The fourth-order valence-electron chi connectivity index (χ4n) is 2.85. The first-order chi connectivity index (χ1) is 10.1. The van der Waals surface area contributed by atoms with Gasteiger partial charge in [-0.1, -0.05) is 19.1 Å². The summed E-state index contributed by atoms with van der Waals surface area (Å²) in [6.07, 6.45) is 0.0959. The fraction of sp³-hybridized carbons (Fsp3) is 0.562.